The Balaban J connectivity index is 1.40. The maximum atomic E-state index is 13.2. The Bertz CT molecular complexity index is 1190. The molecule has 34 heavy (non-hydrogen) atoms. The molecule has 1 saturated heterocycles. The summed E-state index contributed by atoms with van der Waals surface area (Å²) in [5.74, 6) is 0.551. The Morgan fingerprint density at radius 2 is 1.62 bits per heavy atom. The summed E-state index contributed by atoms with van der Waals surface area (Å²) in [5.41, 5.74) is 2.56. The minimum atomic E-state index is -0.158. The maximum absolute atomic E-state index is 13.2. The van der Waals surface area contributed by atoms with Crippen molar-refractivity contribution in [1.29, 1.82) is 0 Å². The highest BCUT2D eigenvalue weighted by Gasteiger charge is 2.22. The number of amides is 1. The molecule has 6 nitrogen and oxygen atoms in total. The molecule has 1 heterocycles. The third-order valence-electron chi connectivity index (χ3n) is 5.78. The van der Waals surface area contributed by atoms with Gasteiger partial charge in [-0.25, -0.2) is 0 Å². The number of hydrogen-bond donors (Lipinski definition) is 1. The molecule has 176 valence electrons. The van der Waals surface area contributed by atoms with Crippen LogP contribution in [-0.2, 0) is 4.79 Å². The summed E-state index contributed by atoms with van der Waals surface area (Å²) >= 11 is 6.88. The van der Waals surface area contributed by atoms with Crippen LogP contribution in [0.5, 0.6) is 5.75 Å². The number of nitrogens with one attached hydrogen (secondary N) is 1. The first-order valence-electron chi connectivity index (χ1n) is 10.9. The van der Waals surface area contributed by atoms with Crippen molar-refractivity contribution in [1.82, 2.24) is 4.90 Å². The molecule has 0 radical (unpaired) electrons. The van der Waals surface area contributed by atoms with Gasteiger partial charge >= 0.3 is 0 Å². The van der Waals surface area contributed by atoms with Crippen LogP contribution < -0.4 is 15.0 Å². The van der Waals surface area contributed by atoms with Crippen molar-refractivity contribution >= 4 is 54.9 Å². The highest BCUT2D eigenvalue weighted by Crippen LogP contribution is 2.29. The molecule has 0 atom stereocenters. The number of hydrogen-bond acceptors (Lipinski definition) is 5. The lowest BCUT2D eigenvalue weighted by molar-refractivity contribution is -0.117. The lowest BCUT2D eigenvalue weighted by Gasteiger charge is -2.36. The fourth-order valence-electron chi connectivity index (χ4n) is 4.03. The van der Waals surface area contributed by atoms with Crippen LogP contribution in [0.2, 0.25) is 0 Å². The summed E-state index contributed by atoms with van der Waals surface area (Å²) in [6, 6.07) is 20.6. The molecule has 1 fully saturated rings. The van der Waals surface area contributed by atoms with Crippen LogP contribution in [-0.4, -0.2) is 56.4 Å². The van der Waals surface area contributed by atoms with E-state index in [-0.39, 0.29) is 18.2 Å². The van der Waals surface area contributed by atoms with Crippen LogP contribution in [0.4, 0.5) is 11.4 Å². The molecule has 0 spiro atoms. The van der Waals surface area contributed by atoms with Crippen LogP contribution in [0.15, 0.2) is 75.7 Å². The van der Waals surface area contributed by atoms with Gasteiger partial charge in [0.1, 0.15) is 5.75 Å². The van der Waals surface area contributed by atoms with Gasteiger partial charge in [-0.1, -0.05) is 56.1 Å². The number of carbonyl (C=O) groups is 2. The van der Waals surface area contributed by atoms with Gasteiger partial charge in [0, 0.05) is 46.3 Å². The van der Waals surface area contributed by atoms with Gasteiger partial charge in [0.15, 0.2) is 5.78 Å². The largest absolute Gasteiger partial charge is 0.495 e. The number of halogens is 2. The second-order valence-electron chi connectivity index (χ2n) is 7.98. The minimum Gasteiger partial charge on any atom is -0.495 e. The van der Waals surface area contributed by atoms with E-state index in [1.807, 2.05) is 42.5 Å². The van der Waals surface area contributed by atoms with Crippen molar-refractivity contribution in [2.45, 2.75) is 0 Å². The molecule has 1 amide bonds. The number of para-hydroxylation sites is 2. The van der Waals surface area contributed by atoms with Gasteiger partial charge < -0.3 is 15.0 Å². The predicted molar refractivity (Wildman–Crippen MR) is 142 cm³/mol. The fourth-order valence-corrected chi connectivity index (χ4v) is 4.86. The fraction of sp³-hybridized carbons (Fsp3) is 0.231. The molecule has 4 rings (SSSR count). The van der Waals surface area contributed by atoms with Crippen molar-refractivity contribution in [3.05, 3.63) is 86.8 Å². The highest BCUT2D eigenvalue weighted by atomic mass is 79.9. The first kappa shape index (κ1) is 24.4. The molecule has 1 N–H and O–H groups in total. The van der Waals surface area contributed by atoms with Crippen LogP contribution >= 0.6 is 31.9 Å². The number of methoxy groups -OCH3 is 1. The van der Waals surface area contributed by atoms with E-state index in [9.17, 15) is 9.59 Å². The summed E-state index contributed by atoms with van der Waals surface area (Å²) in [7, 11) is 1.68. The normalized spacial score (nSPS) is 14.0. The number of carbonyl (C=O) groups excluding carboxylic acids is 2. The van der Waals surface area contributed by atoms with E-state index in [0.29, 0.717) is 21.3 Å². The average molecular weight is 587 g/mol. The lowest BCUT2D eigenvalue weighted by atomic mass is 10.0. The average Bonchev–Trinajstić information content (AvgIpc) is 2.85. The first-order valence-corrected chi connectivity index (χ1v) is 12.5. The molecule has 3 aromatic rings. The number of benzene rings is 3. The molecule has 0 bridgehead atoms. The molecule has 0 unspecified atom stereocenters. The Morgan fingerprint density at radius 3 is 2.35 bits per heavy atom. The van der Waals surface area contributed by atoms with Gasteiger partial charge in [-0.2, -0.15) is 0 Å². The van der Waals surface area contributed by atoms with E-state index < -0.39 is 0 Å². The van der Waals surface area contributed by atoms with Crippen LogP contribution in [0.3, 0.4) is 0 Å². The number of ether oxygens (including phenoxy) is 1. The summed E-state index contributed by atoms with van der Waals surface area (Å²) in [5, 5.41) is 2.95. The molecule has 0 aliphatic carbocycles. The Hall–Kier alpha value is -2.68. The maximum Gasteiger partial charge on any atom is 0.238 e. The summed E-state index contributed by atoms with van der Waals surface area (Å²) < 4.78 is 6.97. The molecule has 1 aliphatic rings. The third kappa shape index (κ3) is 5.68. The van der Waals surface area contributed by atoms with E-state index in [4.69, 9.17) is 4.74 Å². The van der Waals surface area contributed by atoms with E-state index in [2.05, 4.69) is 53.0 Å². The molecule has 3 aromatic carbocycles. The smallest absolute Gasteiger partial charge is 0.238 e. The zero-order chi connectivity index (χ0) is 24.1. The summed E-state index contributed by atoms with van der Waals surface area (Å²) in [4.78, 5) is 30.5. The Kier molecular flexibility index (Phi) is 8.03. The second kappa shape index (κ2) is 11.2. The van der Waals surface area contributed by atoms with Gasteiger partial charge in [0.25, 0.3) is 0 Å². The monoisotopic (exact) mass is 585 g/mol. The van der Waals surface area contributed by atoms with Crippen molar-refractivity contribution in [3.8, 4) is 5.75 Å². The van der Waals surface area contributed by atoms with E-state index >= 15 is 0 Å². The number of rotatable bonds is 7. The quantitative estimate of drug-likeness (QED) is 0.385. The first-order chi connectivity index (χ1) is 16.5. The van der Waals surface area contributed by atoms with Gasteiger partial charge in [0.2, 0.25) is 5.91 Å². The van der Waals surface area contributed by atoms with Gasteiger partial charge in [-0.05, 0) is 42.5 Å². The summed E-state index contributed by atoms with van der Waals surface area (Å²) in [6.07, 6.45) is 0. The molecule has 0 saturated carbocycles. The van der Waals surface area contributed by atoms with Crippen molar-refractivity contribution in [2.75, 3.05) is 50.1 Å². The predicted octanol–water partition coefficient (Wildman–Crippen LogP) is 5.21. The topological polar surface area (TPSA) is 61.9 Å². The zero-order valence-corrected chi connectivity index (χ0v) is 21.9. The highest BCUT2D eigenvalue weighted by molar-refractivity contribution is 9.10. The van der Waals surface area contributed by atoms with Crippen molar-refractivity contribution in [2.24, 2.45) is 0 Å². The Morgan fingerprint density at radius 1 is 0.912 bits per heavy atom. The van der Waals surface area contributed by atoms with Crippen LogP contribution in [0.1, 0.15) is 15.9 Å². The number of ketones is 1. The minimum absolute atomic E-state index is 0.144. The molecule has 0 aromatic heterocycles. The molecule has 1 aliphatic heterocycles. The van der Waals surface area contributed by atoms with E-state index in [0.717, 1.165) is 42.1 Å². The number of anilines is 2. The SMILES string of the molecule is COc1ccccc1N1CCN(CC(=O)Nc2ccc(Br)cc2C(=O)c2ccccc2Br)CC1. The molecular weight excluding hydrogens is 562 g/mol. The second-order valence-corrected chi connectivity index (χ2v) is 9.75. The van der Waals surface area contributed by atoms with Crippen molar-refractivity contribution in [3.63, 3.8) is 0 Å². The van der Waals surface area contributed by atoms with Crippen LogP contribution in [0, 0.1) is 0 Å². The van der Waals surface area contributed by atoms with Gasteiger partial charge in [0.05, 0.1) is 25.0 Å². The lowest BCUT2D eigenvalue weighted by Crippen LogP contribution is -2.48. The van der Waals surface area contributed by atoms with Crippen molar-refractivity contribution < 1.29 is 14.3 Å². The van der Waals surface area contributed by atoms with Gasteiger partial charge in [-0.15, -0.1) is 0 Å². The zero-order valence-electron chi connectivity index (χ0n) is 18.8. The van der Waals surface area contributed by atoms with Crippen LogP contribution in [0.25, 0.3) is 0 Å². The standard InChI is InChI=1S/C26H25Br2N3O3/c1-34-24-9-5-4-8-23(24)31-14-12-30(13-15-31)17-25(32)29-22-11-10-18(27)16-20(22)26(33)19-6-2-3-7-21(19)28/h2-11,16H,12-15,17H2,1H3,(H,29,32). The molecule has 8 heteroatoms. The van der Waals surface area contributed by atoms with Gasteiger partial charge in [-0.3, -0.25) is 14.5 Å². The van der Waals surface area contributed by atoms with E-state index in [1.54, 1.807) is 25.3 Å². The number of piperazine rings is 1. The van der Waals surface area contributed by atoms with E-state index in [1.165, 1.54) is 0 Å². The Labute approximate surface area is 216 Å². The summed E-state index contributed by atoms with van der Waals surface area (Å²) in [6.45, 7) is 3.39. The molecular formula is C26H25Br2N3O3. The third-order valence-corrected chi connectivity index (χ3v) is 6.97. The number of nitrogens with zero attached hydrogens (tertiary/aromatic N) is 2.